The highest BCUT2D eigenvalue weighted by molar-refractivity contribution is 6.42. The average Bonchev–Trinajstić information content (AvgIpc) is 2.57. The summed E-state index contributed by atoms with van der Waals surface area (Å²) < 4.78 is 0. The molecule has 1 aromatic heterocycles. The third kappa shape index (κ3) is 1.85. The van der Waals surface area contributed by atoms with E-state index >= 15 is 0 Å². The largest absolute Gasteiger partial charge is 0.249 e. The van der Waals surface area contributed by atoms with E-state index in [0.717, 1.165) is 5.56 Å². The van der Waals surface area contributed by atoms with Gasteiger partial charge in [0, 0.05) is 5.56 Å². The SMILES string of the molecule is Clc1nc(-c2ccc(Cl)c(Cl)c2)n[nH]1. The molecule has 3 nitrogen and oxygen atoms in total. The highest BCUT2D eigenvalue weighted by Gasteiger charge is 2.06. The van der Waals surface area contributed by atoms with Crippen molar-refractivity contribution >= 4 is 34.8 Å². The molecule has 1 aromatic carbocycles. The molecule has 2 aromatic rings. The van der Waals surface area contributed by atoms with E-state index in [1.807, 2.05) is 0 Å². The molecule has 72 valence electrons. The lowest BCUT2D eigenvalue weighted by Crippen LogP contribution is -1.80. The molecule has 0 aliphatic heterocycles. The average molecular weight is 248 g/mol. The number of aromatic nitrogens is 3. The quantitative estimate of drug-likeness (QED) is 0.840. The number of nitrogens with zero attached hydrogens (tertiary/aromatic N) is 2. The Kier molecular flexibility index (Phi) is 2.63. The lowest BCUT2D eigenvalue weighted by atomic mass is 10.2. The number of H-pyrrole nitrogens is 1. The fourth-order valence-electron chi connectivity index (χ4n) is 1.01. The molecule has 0 radical (unpaired) electrons. The van der Waals surface area contributed by atoms with Gasteiger partial charge in [0.2, 0.25) is 5.28 Å². The topological polar surface area (TPSA) is 41.6 Å². The van der Waals surface area contributed by atoms with Crippen LogP contribution in [-0.2, 0) is 0 Å². The maximum absolute atomic E-state index is 5.84. The molecule has 0 unspecified atom stereocenters. The van der Waals surface area contributed by atoms with Crippen LogP contribution in [0, 0.1) is 0 Å². The fraction of sp³-hybridized carbons (Fsp3) is 0. The van der Waals surface area contributed by atoms with Crippen LogP contribution in [0.15, 0.2) is 18.2 Å². The van der Waals surface area contributed by atoms with Crippen molar-refractivity contribution in [3.8, 4) is 11.4 Å². The van der Waals surface area contributed by atoms with Gasteiger partial charge < -0.3 is 0 Å². The monoisotopic (exact) mass is 247 g/mol. The zero-order valence-electron chi connectivity index (χ0n) is 6.76. The van der Waals surface area contributed by atoms with Crippen molar-refractivity contribution in [2.24, 2.45) is 0 Å². The molecule has 0 aliphatic carbocycles. The molecule has 0 amide bonds. The van der Waals surface area contributed by atoms with Gasteiger partial charge in [0.05, 0.1) is 10.0 Å². The summed E-state index contributed by atoms with van der Waals surface area (Å²) in [6.45, 7) is 0. The highest BCUT2D eigenvalue weighted by atomic mass is 35.5. The lowest BCUT2D eigenvalue weighted by Gasteiger charge is -1.97. The molecule has 0 saturated carbocycles. The van der Waals surface area contributed by atoms with Crippen molar-refractivity contribution in [3.05, 3.63) is 33.5 Å². The zero-order valence-corrected chi connectivity index (χ0v) is 9.03. The van der Waals surface area contributed by atoms with Crippen LogP contribution in [0.1, 0.15) is 0 Å². The van der Waals surface area contributed by atoms with E-state index in [1.165, 1.54) is 0 Å². The molecule has 0 fully saturated rings. The van der Waals surface area contributed by atoms with Gasteiger partial charge in [-0.05, 0) is 29.8 Å². The minimum absolute atomic E-state index is 0.242. The number of nitrogens with one attached hydrogen (secondary N) is 1. The minimum Gasteiger partial charge on any atom is -0.249 e. The Morgan fingerprint density at radius 2 is 1.86 bits per heavy atom. The number of halogens is 3. The Labute approximate surface area is 95.0 Å². The van der Waals surface area contributed by atoms with Crippen molar-refractivity contribution in [1.29, 1.82) is 0 Å². The van der Waals surface area contributed by atoms with Gasteiger partial charge in [-0.2, -0.15) is 10.1 Å². The summed E-state index contributed by atoms with van der Waals surface area (Å²) >= 11 is 17.2. The first-order valence-corrected chi connectivity index (χ1v) is 4.83. The van der Waals surface area contributed by atoms with Gasteiger partial charge in [0.15, 0.2) is 5.82 Å². The molecular formula is C8H4Cl3N3. The van der Waals surface area contributed by atoms with Crippen LogP contribution in [-0.4, -0.2) is 15.2 Å². The maximum Gasteiger partial charge on any atom is 0.218 e. The molecule has 1 N–H and O–H groups in total. The molecule has 0 aliphatic rings. The van der Waals surface area contributed by atoms with Crippen molar-refractivity contribution in [2.75, 3.05) is 0 Å². The van der Waals surface area contributed by atoms with E-state index in [4.69, 9.17) is 34.8 Å². The summed E-state index contributed by atoms with van der Waals surface area (Å²) in [6.07, 6.45) is 0. The Bertz CT molecular complexity index is 467. The fourth-order valence-corrected chi connectivity index (χ4v) is 1.43. The standard InChI is InChI=1S/C8H4Cl3N3/c9-5-2-1-4(3-6(5)10)7-12-8(11)14-13-7/h1-3H,(H,12,13,14). The summed E-state index contributed by atoms with van der Waals surface area (Å²) in [4.78, 5) is 3.95. The molecule has 2 rings (SSSR count). The minimum atomic E-state index is 0.242. The number of hydrogen-bond acceptors (Lipinski definition) is 2. The van der Waals surface area contributed by atoms with Gasteiger partial charge >= 0.3 is 0 Å². The molecule has 0 bridgehead atoms. The second kappa shape index (κ2) is 3.77. The predicted octanol–water partition coefficient (Wildman–Crippen LogP) is 3.43. The Morgan fingerprint density at radius 1 is 1.07 bits per heavy atom. The van der Waals surface area contributed by atoms with E-state index in [9.17, 15) is 0 Å². The molecule has 1 heterocycles. The third-order valence-electron chi connectivity index (χ3n) is 1.64. The molecule has 0 atom stereocenters. The van der Waals surface area contributed by atoms with Crippen molar-refractivity contribution in [1.82, 2.24) is 15.2 Å². The molecule has 0 spiro atoms. The van der Waals surface area contributed by atoms with Gasteiger partial charge in [0.25, 0.3) is 0 Å². The van der Waals surface area contributed by atoms with Crippen LogP contribution < -0.4 is 0 Å². The number of hydrogen-bond donors (Lipinski definition) is 1. The van der Waals surface area contributed by atoms with E-state index < -0.39 is 0 Å². The van der Waals surface area contributed by atoms with Gasteiger partial charge in [0.1, 0.15) is 0 Å². The number of benzene rings is 1. The normalized spacial score (nSPS) is 10.5. The van der Waals surface area contributed by atoms with Crippen LogP contribution in [0.3, 0.4) is 0 Å². The lowest BCUT2D eigenvalue weighted by molar-refractivity contribution is 1.10. The highest BCUT2D eigenvalue weighted by Crippen LogP contribution is 2.26. The van der Waals surface area contributed by atoms with Crippen LogP contribution in [0.2, 0.25) is 15.3 Å². The Balaban J connectivity index is 2.47. The second-order valence-electron chi connectivity index (χ2n) is 2.58. The molecule has 0 saturated heterocycles. The Morgan fingerprint density at radius 3 is 2.43 bits per heavy atom. The van der Waals surface area contributed by atoms with Crippen molar-refractivity contribution < 1.29 is 0 Å². The van der Waals surface area contributed by atoms with Gasteiger partial charge in [-0.1, -0.05) is 23.2 Å². The first-order valence-electron chi connectivity index (χ1n) is 3.70. The smallest absolute Gasteiger partial charge is 0.218 e. The van der Waals surface area contributed by atoms with Crippen molar-refractivity contribution in [3.63, 3.8) is 0 Å². The summed E-state index contributed by atoms with van der Waals surface area (Å²) in [5.41, 5.74) is 0.766. The van der Waals surface area contributed by atoms with Gasteiger partial charge in [-0.25, -0.2) is 5.10 Å². The first kappa shape index (κ1) is 9.77. The second-order valence-corrected chi connectivity index (χ2v) is 3.75. The summed E-state index contributed by atoms with van der Waals surface area (Å²) in [5, 5.41) is 7.62. The Hall–Kier alpha value is -0.770. The van der Waals surface area contributed by atoms with E-state index in [1.54, 1.807) is 18.2 Å². The zero-order chi connectivity index (χ0) is 10.1. The molecule has 6 heteroatoms. The van der Waals surface area contributed by atoms with Gasteiger partial charge in [-0.3, -0.25) is 0 Å². The van der Waals surface area contributed by atoms with Crippen molar-refractivity contribution in [2.45, 2.75) is 0 Å². The van der Waals surface area contributed by atoms with Crippen LogP contribution in [0.5, 0.6) is 0 Å². The van der Waals surface area contributed by atoms with E-state index in [2.05, 4.69) is 15.2 Å². The summed E-state index contributed by atoms with van der Waals surface area (Å²) in [5.74, 6) is 0.494. The summed E-state index contributed by atoms with van der Waals surface area (Å²) in [7, 11) is 0. The summed E-state index contributed by atoms with van der Waals surface area (Å²) in [6, 6.07) is 5.14. The third-order valence-corrected chi connectivity index (χ3v) is 2.54. The number of aromatic amines is 1. The van der Waals surface area contributed by atoms with Gasteiger partial charge in [-0.15, -0.1) is 0 Å². The molecular weight excluding hydrogens is 244 g/mol. The van der Waals surface area contributed by atoms with Crippen LogP contribution in [0.4, 0.5) is 0 Å². The van der Waals surface area contributed by atoms with Crippen LogP contribution >= 0.6 is 34.8 Å². The first-order chi connectivity index (χ1) is 6.66. The maximum atomic E-state index is 5.84. The molecule has 14 heavy (non-hydrogen) atoms. The number of rotatable bonds is 1. The van der Waals surface area contributed by atoms with E-state index in [0.29, 0.717) is 15.9 Å². The van der Waals surface area contributed by atoms with Crippen LogP contribution in [0.25, 0.3) is 11.4 Å². The van der Waals surface area contributed by atoms with E-state index in [-0.39, 0.29) is 5.28 Å². The predicted molar refractivity (Wildman–Crippen MR) is 56.8 cm³/mol.